The Labute approximate surface area is 123 Å². The monoisotopic (exact) mass is 289 g/mol. The lowest BCUT2D eigenvalue weighted by molar-refractivity contribution is -0.148. The summed E-state index contributed by atoms with van der Waals surface area (Å²) in [6, 6.07) is 7.17. The number of benzene rings is 1. The topological polar surface area (TPSA) is 75.6 Å². The first-order chi connectivity index (χ1) is 10.1. The van der Waals surface area contributed by atoms with Crippen LogP contribution < -0.4 is 10.1 Å². The lowest BCUT2D eigenvalue weighted by atomic mass is 9.78. The van der Waals surface area contributed by atoms with Crippen molar-refractivity contribution in [2.45, 2.75) is 19.3 Å². The molecule has 2 N–H and O–H groups in total. The summed E-state index contributed by atoms with van der Waals surface area (Å²) in [6.45, 7) is 0. The zero-order chi connectivity index (χ0) is 15.0. The van der Waals surface area contributed by atoms with Crippen LogP contribution in [0.5, 0.6) is 5.75 Å². The van der Waals surface area contributed by atoms with Crippen molar-refractivity contribution in [3.8, 4) is 5.75 Å². The van der Waals surface area contributed by atoms with Crippen molar-refractivity contribution < 1.29 is 19.4 Å². The Morgan fingerprint density at radius 2 is 1.86 bits per heavy atom. The van der Waals surface area contributed by atoms with E-state index in [-0.39, 0.29) is 17.7 Å². The minimum absolute atomic E-state index is 0.154. The van der Waals surface area contributed by atoms with Gasteiger partial charge in [-0.1, -0.05) is 12.1 Å². The van der Waals surface area contributed by atoms with Gasteiger partial charge in [-0.05, 0) is 43.2 Å². The fourth-order valence-electron chi connectivity index (χ4n) is 3.99. The van der Waals surface area contributed by atoms with Gasteiger partial charge >= 0.3 is 5.97 Å². The molecule has 4 unspecified atom stereocenters. The highest BCUT2D eigenvalue weighted by Crippen LogP contribution is 2.52. The number of nitrogens with one attached hydrogen (secondary N) is 1. The molecule has 0 saturated heterocycles. The van der Waals surface area contributed by atoms with Gasteiger partial charge < -0.3 is 15.2 Å². The standard InChI is InChI=1S/C16H19NO4/c1-21-12-5-3-2-4-11(12)17-15(18)13-9-6-7-10(8-9)14(13)16(19)20/h2-5,9-10,13-14H,6-8H2,1H3,(H,17,18)(H,19,20). The van der Waals surface area contributed by atoms with Crippen molar-refractivity contribution in [3.63, 3.8) is 0 Å². The van der Waals surface area contributed by atoms with Crippen LogP contribution in [-0.4, -0.2) is 24.1 Å². The summed E-state index contributed by atoms with van der Waals surface area (Å²) >= 11 is 0. The van der Waals surface area contributed by atoms with Crippen molar-refractivity contribution in [2.75, 3.05) is 12.4 Å². The van der Waals surface area contributed by atoms with Gasteiger partial charge in [0.05, 0.1) is 24.6 Å². The number of ether oxygens (including phenoxy) is 1. The van der Waals surface area contributed by atoms with Gasteiger partial charge in [0.1, 0.15) is 5.75 Å². The Morgan fingerprint density at radius 1 is 1.19 bits per heavy atom. The number of hydrogen-bond donors (Lipinski definition) is 2. The molecule has 4 atom stereocenters. The predicted molar refractivity (Wildman–Crippen MR) is 77.1 cm³/mol. The molecular weight excluding hydrogens is 270 g/mol. The summed E-state index contributed by atoms with van der Waals surface area (Å²) in [5, 5.41) is 12.3. The second-order valence-corrected chi connectivity index (χ2v) is 5.91. The summed E-state index contributed by atoms with van der Waals surface area (Å²) in [7, 11) is 1.54. The maximum absolute atomic E-state index is 12.6. The molecule has 0 heterocycles. The summed E-state index contributed by atoms with van der Waals surface area (Å²) < 4.78 is 5.21. The molecule has 2 bridgehead atoms. The number of rotatable bonds is 4. The molecule has 3 rings (SSSR count). The molecule has 21 heavy (non-hydrogen) atoms. The zero-order valence-corrected chi connectivity index (χ0v) is 11.9. The van der Waals surface area contributed by atoms with E-state index >= 15 is 0 Å². The van der Waals surface area contributed by atoms with E-state index in [0.717, 1.165) is 19.3 Å². The summed E-state index contributed by atoms with van der Waals surface area (Å²) in [5.41, 5.74) is 0.594. The highest BCUT2D eigenvalue weighted by atomic mass is 16.5. The van der Waals surface area contributed by atoms with Crippen LogP contribution in [-0.2, 0) is 9.59 Å². The molecule has 112 valence electrons. The van der Waals surface area contributed by atoms with Crippen LogP contribution >= 0.6 is 0 Å². The van der Waals surface area contributed by atoms with Crippen LogP contribution in [0.4, 0.5) is 5.69 Å². The van der Waals surface area contributed by atoms with E-state index in [1.54, 1.807) is 19.2 Å². The van der Waals surface area contributed by atoms with Crippen LogP contribution in [0.2, 0.25) is 0 Å². The number of carboxylic acids is 1. The van der Waals surface area contributed by atoms with E-state index in [0.29, 0.717) is 11.4 Å². The molecule has 2 aliphatic rings. The number of carbonyl (C=O) groups excluding carboxylic acids is 1. The van der Waals surface area contributed by atoms with Gasteiger partial charge in [0.25, 0.3) is 0 Å². The van der Waals surface area contributed by atoms with Crippen molar-refractivity contribution >= 4 is 17.6 Å². The molecule has 0 radical (unpaired) electrons. The Kier molecular flexibility index (Phi) is 3.57. The molecule has 2 aliphatic carbocycles. The van der Waals surface area contributed by atoms with E-state index < -0.39 is 17.8 Å². The zero-order valence-electron chi connectivity index (χ0n) is 11.9. The normalized spacial score (nSPS) is 30.1. The van der Waals surface area contributed by atoms with Gasteiger partial charge in [-0.2, -0.15) is 0 Å². The predicted octanol–water partition coefficient (Wildman–Crippen LogP) is 2.38. The molecule has 0 aromatic heterocycles. The molecule has 2 fully saturated rings. The van der Waals surface area contributed by atoms with Crippen molar-refractivity contribution in [1.82, 2.24) is 0 Å². The van der Waals surface area contributed by atoms with Gasteiger partial charge in [-0.3, -0.25) is 9.59 Å². The van der Waals surface area contributed by atoms with Crippen molar-refractivity contribution in [1.29, 1.82) is 0 Å². The molecule has 1 amide bonds. The third kappa shape index (κ3) is 2.37. The SMILES string of the molecule is COc1ccccc1NC(=O)C1C2CCC(C2)C1C(=O)O. The van der Waals surface area contributed by atoms with Gasteiger partial charge in [-0.15, -0.1) is 0 Å². The third-order valence-electron chi connectivity index (χ3n) is 4.87. The summed E-state index contributed by atoms with van der Waals surface area (Å²) in [6.07, 6.45) is 2.75. The Bertz CT molecular complexity index is 571. The molecule has 0 spiro atoms. The van der Waals surface area contributed by atoms with Crippen molar-refractivity contribution in [2.24, 2.45) is 23.7 Å². The van der Waals surface area contributed by atoms with E-state index in [9.17, 15) is 14.7 Å². The largest absolute Gasteiger partial charge is 0.495 e. The first-order valence-electron chi connectivity index (χ1n) is 7.28. The highest BCUT2D eigenvalue weighted by molar-refractivity contribution is 5.97. The fourth-order valence-corrected chi connectivity index (χ4v) is 3.99. The number of hydrogen-bond acceptors (Lipinski definition) is 3. The molecule has 1 aromatic carbocycles. The van der Waals surface area contributed by atoms with E-state index in [1.807, 2.05) is 12.1 Å². The van der Waals surface area contributed by atoms with Crippen LogP contribution in [0.15, 0.2) is 24.3 Å². The lowest BCUT2D eigenvalue weighted by Gasteiger charge is -2.27. The maximum atomic E-state index is 12.6. The molecule has 5 nitrogen and oxygen atoms in total. The average Bonchev–Trinajstić information content (AvgIpc) is 3.08. The number of carboxylic acid groups (broad SMARTS) is 1. The molecule has 1 aromatic rings. The van der Waals surface area contributed by atoms with E-state index in [1.165, 1.54) is 0 Å². The van der Waals surface area contributed by atoms with Gasteiger partial charge in [0.15, 0.2) is 0 Å². The van der Waals surface area contributed by atoms with Gasteiger partial charge in [0, 0.05) is 0 Å². The number of amides is 1. The number of anilines is 1. The summed E-state index contributed by atoms with van der Waals surface area (Å²) in [4.78, 5) is 24.0. The molecular formula is C16H19NO4. The molecule has 0 aliphatic heterocycles. The van der Waals surface area contributed by atoms with Crippen LogP contribution in [0.25, 0.3) is 0 Å². The summed E-state index contributed by atoms with van der Waals surface area (Å²) in [5.74, 6) is -1.07. The number of carbonyl (C=O) groups is 2. The molecule has 5 heteroatoms. The van der Waals surface area contributed by atoms with Crippen LogP contribution in [0, 0.1) is 23.7 Å². The van der Waals surface area contributed by atoms with E-state index in [2.05, 4.69) is 5.32 Å². The van der Waals surface area contributed by atoms with E-state index in [4.69, 9.17) is 4.74 Å². The van der Waals surface area contributed by atoms with Crippen LogP contribution in [0.3, 0.4) is 0 Å². The number of aliphatic carboxylic acids is 1. The minimum atomic E-state index is -0.845. The van der Waals surface area contributed by atoms with Crippen molar-refractivity contribution in [3.05, 3.63) is 24.3 Å². The Hall–Kier alpha value is -2.04. The number of methoxy groups -OCH3 is 1. The van der Waals surface area contributed by atoms with Gasteiger partial charge in [-0.25, -0.2) is 0 Å². The van der Waals surface area contributed by atoms with Gasteiger partial charge in [0.2, 0.25) is 5.91 Å². The quantitative estimate of drug-likeness (QED) is 0.892. The Morgan fingerprint density at radius 3 is 2.52 bits per heavy atom. The first kappa shape index (κ1) is 13.9. The highest BCUT2D eigenvalue weighted by Gasteiger charge is 2.54. The number of para-hydroxylation sites is 2. The maximum Gasteiger partial charge on any atom is 0.307 e. The second kappa shape index (κ2) is 5.39. The first-order valence-corrected chi connectivity index (χ1v) is 7.28. The lowest BCUT2D eigenvalue weighted by Crippen LogP contribution is -2.37. The minimum Gasteiger partial charge on any atom is -0.495 e. The second-order valence-electron chi connectivity index (χ2n) is 5.91. The number of fused-ring (bicyclic) bond motifs is 2. The molecule has 2 saturated carbocycles. The fraction of sp³-hybridized carbons (Fsp3) is 0.500. The smallest absolute Gasteiger partial charge is 0.307 e. The third-order valence-corrected chi connectivity index (χ3v) is 4.87. The average molecular weight is 289 g/mol. The Balaban J connectivity index is 1.80. The van der Waals surface area contributed by atoms with Crippen LogP contribution in [0.1, 0.15) is 19.3 Å².